The van der Waals surface area contributed by atoms with Gasteiger partial charge in [-0.1, -0.05) is 11.6 Å². The van der Waals surface area contributed by atoms with Gasteiger partial charge in [0.25, 0.3) is 5.56 Å². The molecule has 0 fully saturated rings. The van der Waals surface area contributed by atoms with Crippen molar-refractivity contribution in [2.45, 2.75) is 0 Å². The summed E-state index contributed by atoms with van der Waals surface area (Å²) in [5, 5.41) is 0.322. The van der Waals surface area contributed by atoms with Gasteiger partial charge in [-0.25, -0.2) is 4.79 Å². The number of aryl methyl sites for hydroxylation is 1. The van der Waals surface area contributed by atoms with Gasteiger partial charge in [-0.05, 0) is 6.07 Å². The van der Waals surface area contributed by atoms with Crippen LogP contribution in [0.15, 0.2) is 17.1 Å². The highest BCUT2D eigenvalue weighted by molar-refractivity contribution is 6.30. The number of hydrogen-bond donors (Lipinski definition) is 0. The van der Waals surface area contributed by atoms with E-state index in [2.05, 4.69) is 4.74 Å². The third-order valence-electron chi connectivity index (χ3n) is 1.56. The molecule has 0 radical (unpaired) electrons. The molecule has 1 aromatic rings. The number of ether oxygens (including phenoxy) is 1. The molecule has 70 valence electrons. The summed E-state index contributed by atoms with van der Waals surface area (Å²) >= 11 is 5.66. The highest BCUT2D eigenvalue weighted by atomic mass is 35.5. The Labute approximate surface area is 79.7 Å². The van der Waals surface area contributed by atoms with Crippen LogP contribution in [0.1, 0.15) is 10.4 Å². The van der Waals surface area contributed by atoms with E-state index in [1.54, 1.807) is 0 Å². The molecule has 0 bridgehead atoms. The molecule has 1 aromatic heterocycles. The summed E-state index contributed by atoms with van der Waals surface area (Å²) in [4.78, 5) is 22.4. The molecule has 1 heterocycles. The van der Waals surface area contributed by atoms with Crippen LogP contribution < -0.4 is 5.56 Å². The molecule has 0 saturated heterocycles. The molecule has 0 aromatic carbocycles. The summed E-state index contributed by atoms with van der Waals surface area (Å²) in [5.41, 5.74) is -0.478. The van der Waals surface area contributed by atoms with Gasteiger partial charge in [0.05, 0.1) is 12.1 Å². The van der Waals surface area contributed by atoms with Crippen molar-refractivity contribution >= 4 is 17.6 Å². The minimum absolute atomic E-state index is 0.0579. The summed E-state index contributed by atoms with van der Waals surface area (Å²) in [5.74, 6) is -0.678. The van der Waals surface area contributed by atoms with E-state index in [1.807, 2.05) is 0 Å². The number of methoxy groups -OCH3 is 1. The zero-order chi connectivity index (χ0) is 10.0. The molecule has 0 unspecified atom stereocenters. The van der Waals surface area contributed by atoms with Crippen LogP contribution in [0.2, 0.25) is 5.02 Å². The third kappa shape index (κ3) is 1.89. The van der Waals surface area contributed by atoms with Gasteiger partial charge in [0.1, 0.15) is 5.56 Å². The standard InChI is InChI=1S/C8H8ClNO3/c1-10-4-5(9)3-6(7(10)11)8(12)13-2/h3-4H,1-2H3. The van der Waals surface area contributed by atoms with Gasteiger partial charge in [0, 0.05) is 13.2 Å². The fourth-order valence-corrected chi connectivity index (χ4v) is 1.18. The first-order valence-corrected chi connectivity index (χ1v) is 3.88. The highest BCUT2D eigenvalue weighted by Gasteiger charge is 2.12. The van der Waals surface area contributed by atoms with Crippen LogP contribution in [0.4, 0.5) is 0 Å². The van der Waals surface area contributed by atoms with E-state index in [4.69, 9.17) is 11.6 Å². The molecule has 0 aliphatic carbocycles. The monoisotopic (exact) mass is 201 g/mol. The number of hydrogen-bond acceptors (Lipinski definition) is 3. The first kappa shape index (κ1) is 9.80. The second-order valence-electron chi connectivity index (χ2n) is 2.48. The van der Waals surface area contributed by atoms with Crippen molar-refractivity contribution in [2.75, 3.05) is 7.11 Å². The van der Waals surface area contributed by atoms with E-state index in [0.29, 0.717) is 5.02 Å². The molecule has 0 spiro atoms. The van der Waals surface area contributed by atoms with E-state index < -0.39 is 11.5 Å². The second-order valence-corrected chi connectivity index (χ2v) is 2.92. The van der Waals surface area contributed by atoms with Crippen LogP contribution in [0.25, 0.3) is 0 Å². The average Bonchev–Trinajstić information content (AvgIpc) is 2.10. The number of rotatable bonds is 1. The Hall–Kier alpha value is -1.29. The number of halogens is 1. The summed E-state index contributed by atoms with van der Waals surface area (Å²) in [7, 11) is 2.73. The normalized spacial score (nSPS) is 9.77. The number of pyridine rings is 1. The van der Waals surface area contributed by atoms with Crippen LogP contribution in [0.3, 0.4) is 0 Å². The lowest BCUT2D eigenvalue weighted by Crippen LogP contribution is -2.24. The molecule has 0 amide bonds. The minimum atomic E-state index is -0.678. The zero-order valence-corrected chi connectivity index (χ0v) is 7.96. The number of carbonyl (C=O) groups is 1. The SMILES string of the molecule is COC(=O)c1cc(Cl)cn(C)c1=O. The topological polar surface area (TPSA) is 48.3 Å². The summed E-state index contributed by atoms with van der Waals surface area (Å²) < 4.78 is 5.65. The van der Waals surface area contributed by atoms with Crippen molar-refractivity contribution in [3.05, 3.63) is 33.2 Å². The predicted molar refractivity (Wildman–Crippen MR) is 48.0 cm³/mol. The fraction of sp³-hybridized carbons (Fsp3) is 0.250. The Morgan fingerprint density at radius 2 is 2.23 bits per heavy atom. The van der Waals surface area contributed by atoms with Crippen molar-refractivity contribution in [3.8, 4) is 0 Å². The van der Waals surface area contributed by atoms with Gasteiger partial charge >= 0.3 is 5.97 Å². The quantitative estimate of drug-likeness (QED) is 0.633. The molecule has 0 N–H and O–H groups in total. The van der Waals surface area contributed by atoms with E-state index in [0.717, 1.165) is 0 Å². The van der Waals surface area contributed by atoms with E-state index in [1.165, 1.54) is 31.0 Å². The summed E-state index contributed by atoms with van der Waals surface area (Å²) in [6, 6.07) is 1.29. The zero-order valence-electron chi connectivity index (χ0n) is 7.20. The molecular formula is C8H8ClNO3. The third-order valence-corrected chi connectivity index (χ3v) is 1.76. The highest BCUT2D eigenvalue weighted by Crippen LogP contribution is 2.07. The molecule has 0 atom stereocenters. The predicted octanol–water partition coefficient (Wildman–Crippen LogP) is 0.825. The summed E-state index contributed by atoms with van der Waals surface area (Å²) in [6.07, 6.45) is 1.43. The van der Waals surface area contributed by atoms with Crippen LogP contribution in [0, 0.1) is 0 Å². The molecule has 5 heteroatoms. The van der Waals surface area contributed by atoms with Crippen molar-refractivity contribution in [1.29, 1.82) is 0 Å². The Bertz CT molecular complexity index is 397. The lowest BCUT2D eigenvalue weighted by Gasteiger charge is -2.02. The first-order valence-electron chi connectivity index (χ1n) is 3.50. The lowest BCUT2D eigenvalue weighted by molar-refractivity contribution is 0.0598. The molecular weight excluding hydrogens is 194 g/mol. The maximum Gasteiger partial charge on any atom is 0.343 e. The lowest BCUT2D eigenvalue weighted by atomic mass is 10.3. The maximum absolute atomic E-state index is 11.3. The number of aromatic nitrogens is 1. The van der Waals surface area contributed by atoms with Gasteiger partial charge in [0.2, 0.25) is 0 Å². The minimum Gasteiger partial charge on any atom is -0.465 e. The smallest absolute Gasteiger partial charge is 0.343 e. The molecule has 0 aliphatic rings. The van der Waals surface area contributed by atoms with Crippen LogP contribution in [0.5, 0.6) is 0 Å². The van der Waals surface area contributed by atoms with Gasteiger partial charge in [-0.3, -0.25) is 4.79 Å². The van der Waals surface area contributed by atoms with E-state index in [9.17, 15) is 9.59 Å². The Morgan fingerprint density at radius 3 is 2.77 bits per heavy atom. The van der Waals surface area contributed by atoms with Crippen molar-refractivity contribution in [1.82, 2.24) is 4.57 Å². The Morgan fingerprint density at radius 1 is 1.62 bits per heavy atom. The van der Waals surface area contributed by atoms with E-state index in [-0.39, 0.29) is 5.56 Å². The van der Waals surface area contributed by atoms with Crippen molar-refractivity contribution < 1.29 is 9.53 Å². The van der Waals surface area contributed by atoms with Gasteiger partial charge in [0.15, 0.2) is 0 Å². The van der Waals surface area contributed by atoms with Gasteiger partial charge < -0.3 is 9.30 Å². The molecule has 4 nitrogen and oxygen atoms in total. The fourth-order valence-electron chi connectivity index (χ4n) is 0.927. The second kappa shape index (κ2) is 3.62. The average molecular weight is 202 g/mol. The van der Waals surface area contributed by atoms with Crippen LogP contribution >= 0.6 is 11.6 Å². The van der Waals surface area contributed by atoms with Crippen LogP contribution in [-0.4, -0.2) is 17.6 Å². The molecule has 0 saturated carbocycles. The van der Waals surface area contributed by atoms with Crippen molar-refractivity contribution in [3.63, 3.8) is 0 Å². The Kier molecular flexibility index (Phi) is 2.72. The van der Waals surface area contributed by atoms with Gasteiger partial charge in [-0.15, -0.1) is 0 Å². The van der Waals surface area contributed by atoms with Gasteiger partial charge in [-0.2, -0.15) is 0 Å². The molecule has 0 aliphatic heterocycles. The number of esters is 1. The molecule has 1 rings (SSSR count). The first-order chi connectivity index (χ1) is 6.06. The maximum atomic E-state index is 11.3. The van der Waals surface area contributed by atoms with E-state index >= 15 is 0 Å². The summed E-state index contributed by atoms with van der Waals surface area (Å²) in [6.45, 7) is 0. The number of carbonyl (C=O) groups excluding carboxylic acids is 1. The number of nitrogens with zero attached hydrogens (tertiary/aromatic N) is 1. The van der Waals surface area contributed by atoms with Crippen molar-refractivity contribution in [2.24, 2.45) is 7.05 Å². The largest absolute Gasteiger partial charge is 0.465 e. The van der Waals surface area contributed by atoms with Crippen LogP contribution in [-0.2, 0) is 11.8 Å². The molecule has 13 heavy (non-hydrogen) atoms. The Balaban J connectivity index is 3.37.